The number of hydrogen-bond donors (Lipinski definition) is 0. The molecule has 0 N–H and O–H groups in total. The third-order valence-corrected chi connectivity index (χ3v) is 5.81. The largest absolute Gasteiger partial charge is 0.299 e. The summed E-state index contributed by atoms with van der Waals surface area (Å²) in [6.45, 7) is 4.08. The van der Waals surface area contributed by atoms with Gasteiger partial charge in [0, 0.05) is 26.2 Å². The molecule has 0 spiro atoms. The molecule has 0 bridgehead atoms. The molecule has 1 atom stereocenters. The second kappa shape index (κ2) is 7.48. The van der Waals surface area contributed by atoms with Crippen molar-refractivity contribution in [3.63, 3.8) is 0 Å². The molecule has 1 aromatic rings. The quantitative estimate of drug-likeness (QED) is 0.830. The lowest BCUT2D eigenvalue weighted by Crippen LogP contribution is -2.36. The summed E-state index contributed by atoms with van der Waals surface area (Å²) in [6.07, 6.45) is 0.255. The monoisotopic (exact) mass is 332 g/mol. The Morgan fingerprint density at radius 2 is 1.82 bits per heavy atom. The minimum atomic E-state index is -3.61. The van der Waals surface area contributed by atoms with Gasteiger partial charge in [-0.3, -0.25) is 4.90 Å². The second-order valence-corrected chi connectivity index (χ2v) is 7.46. The molecule has 0 aromatic heterocycles. The van der Waals surface area contributed by atoms with E-state index in [1.54, 1.807) is 6.92 Å². The van der Waals surface area contributed by atoms with Crippen LogP contribution >= 0.6 is 0 Å². The number of benzene rings is 1. The van der Waals surface area contributed by atoms with Crippen molar-refractivity contribution in [2.24, 2.45) is 0 Å². The van der Waals surface area contributed by atoms with Crippen LogP contribution in [0.1, 0.15) is 19.8 Å². The van der Waals surface area contributed by atoms with Gasteiger partial charge in [0.1, 0.15) is 12.0 Å². The van der Waals surface area contributed by atoms with Crippen molar-refractivity contribution in [1.82, 2.24) is 9.21 Å². The summed E-state index contributed by atoms with van der Waals surface area (Å²) in [5, 5.41) is 0. The van der Waals surface area contributed by atoms with Crippen LogP contribution in [0, 0.1) is 5.82 Å². The summed E-state index contributed by atoms with van der Waals surface area (Å²) >= 11 is 0. The number of sulfonamides is 1. The Kier molecular flexibility index (Phi) is 5.88. The molecule has 0 aliphatic carbocycles. The SMILES string of the molecule is CC[C@H](F)CN1CCCN(S(=O)(=O)c2ccc(F)cc2)CC1. The topological polar surface area (TPSA) is 40.6 Å². The van der Waals surface area contributed by atoms with Gasteiger partial charge in [-0.05, 0) is 43.7 Å². The van der Waals surface area contributed by atoms with Crippen LogP contribution in [0.3, 0.4) is 0 Å². The molecular weight excluding hydrogens is 310 g/mol. The molecule has 1 aliphatic heterocycles. The number of nitrogens with zero attached hydrogens (tertiary/aromatic N) is 2. The summed E-state index contributed by atoms with van der Waals surface area (Å²) in [5.41, 5.74) is 0. The first-order chi connectivity index (χ1) is 10.4. The maximum Gasteiger partial charge on any atom is 0.243 e. The van der Waals surface area contributed by atoms with Gasteiger partial charge in [-0.1, -0.05) is 6.92 Å². The molecule has 0 radical (unpaired) electrons. The molecule has 7 heteroatoms. The summed E-state index contributed by atoms with van der Waals surface area (Å²) < 4.78 is 52.9. The van der Waals surface area contributed by atoms with Crippen LogP contribution in [0.15, 0.2) is 29.2 Å². The molecule has 124 valence electrons. The number of halogens is 2. The fraction of sp³-hybridized carbons (Fsp3) is 0.600. The van der Waals surface area contributed by atoms with E-state index in [9.17, 15) is 17.2 Å². The number of hydrogen-bond acceptors (Lipinski definition) is 3. The van der Waals surface area contributed by atoms with E-state index < -0.39 is 22.0 Å². The van der Waals surface area contributed by atoms with E-state index in [1.165, 1.54) is 16.4 Å². The van der Waals surface area contributed by atoms with Crippen molar-refractivity contribution in [2.75, 3.05) is 32.7 Å². The van der Waals surface area contributed by atoms with Crippen LogP contribution in [0.25, 0.3) is 0 Å². The van der Waals surface area contributed by atoms with E-state index in [0.29, 0.717) is 45.6 Å². The van der Waals surface area contributed by atoms with E-state index >= 15 is 0 Å². The van der Waals surface area contributed by atoms with E-state index in [1.807, 2.05) is 4.90 Å². The fourth-order valence-corrected chi connectivity index (χ4v) is 4.00. The first-order valence-electron chi connectivity index (χ1n) is 7.55. The molecule has 0 amide bonds. The highest BCUT2D eigenvalue weighted by atomic mass is 32.2. The van der Waals surface area contributed by atoms with Crippen LogP contribution in [-0.2, 0) is 10.0 Å². The molecule has 1 heterocycles. The molecule has 2 rings (SSSR count). The highest BCUT2D eigenvalue weighted by Gasteiger charge is 2.27. The molecular formula is C15H22F2N2O2S. The third-order valence-electron chi connectivity index (χ3n) is 3.90. The third kappa shape index (κ3) is 4.24. The first-order valence-corrected chi connectivity index (χ1v) is 8.99. The van der Waals surface area contributed by atoms with E-state index in [0.717, 1.165) is 12.1 Å². The standard InChI is InChI=1S/C15H22F2N2O2S/c1-2-13(16)12-18-8-3-9-19(11-10-18)22(20,21)15-6-4-14(17)5-7-15/h4-7,13H,2-3,8-12H2,1H3/t13-/m0/s1. The Labute approximate surface area is 130 Å². The molecule has 0 saturated carbocycles. The van der Waals surface area contributed by atoms with Crippen molar-refractivity contribution in [3.8, 4) is 0 Å². The second-order valence-electron chi connectivity index (χ2n) is 5.52. The Hall–Kier alpha value is -1.05. The lowest BCUT2D eigenvalue weighted by molar-refractivity contribution is 0.194. The predicted molar refractivity (Wildman–Crippen MR) is 81.4 cm³/mol. The van der Waals surface area contributed by atoms with E-state index in [4.69, 9.17) is 0 Å². The first kappa shape index (κ1) is 17.3. The van der Waals surface area contributed by atoms with Gasteiger partial charge in [-0.2, -0.15) is 4.31 Å². The molecule has 22 heavy (non-hydrogen) atoms. The van der Waals surface area contributed by atoms with E-state index in [-0.39, 0.29) is 4.90 Å². The van der Waals surface area contributed by atoms with Crippen molar-refractivity contribution in [1.29, 1.82) is 0 Å². The van der Waals surface area contributed by atoms with Gasteiger partial charge in [-0.15, -0.1) is 0 Å². The highest BCUT2D eigenvalue weighted by Crippen LogP contribution is 2.18. The zero-order valence-electron chi connectivity index (χ0n) is 12.7. The predicted octanol–water partition coefficient (Wildman–Crippen LogP) is 2.27. The van der Waals surface area contributed by atoms with Crippen LogP contribution < -0.4 is 0 Å². The Bertz CT molecular complexity index is 578. The molecule has 1 aromatic carbocycles. The summed E-state index contributed by atoms with van der Waals surface area (Å²) in [6, 6.07) is 4.85. The minimum Gasteiger partial charge on any atom is -0.299 e. The van der Waals surface area contributed by atoms with Gasteiger partial charge in [0.25, 0.3) is 0 Å². The maximum atomic E-state index is 13.5. The molecule has 1 saturated heterocycles. The minimum absolute atomic E-state index is 0.0966. The summed E-state index contributed by atoms with van der Waals surface area (Å²) in [5.74, 6) is -0.463. The maximum absolute atomic E-state index is 13.5. The Balaban J connectivity index is 2.05. The van der Waals surface area contributed by atoms with Gasteiger partial charge >= 0.3 is 0 Å². The zero-order chi connectivity index (χ0) is 16.2. The lowest BCUT2D eigenvalue weighted by Gasteiger charge is -2.22. The van der Waals surface area contributed by atoms with Crippen molar-refractivity contribution < 1.29 is 17.2 Å². The summed E-state index contributed by atoms with van der Waals surface area (Å²) in [4.78, 5) is 2.06. The average Bonchev–Trinajstić information content (AvgIpc) is 2.73. The van der Waals surface area contributed by atoms with Gasteiger partial charge in [0.15, 0.2) is 0 Å². The van der Waals surface area contributed by atoms with Crippen LogP contribution in [0.2, 0.25) is 0 Å². The van der Waals surface area contributed by atoms with Gasteiger partial charge in [0.2, 0.25) is 10.0 Å². The van der Waals surface area contributed by atoms with Crippen molar-refractivity contribution in [3.05, 3.63) is 30.1 Å². The van der Waals surface area contributed by atoms with Crippen molar-refractivity contribution in [2.45, 2.75) is 30.8 Å². The highest BCUT2D eigenvalue weighted by molar-refractivity contribution is 7.89. The van der Waals surface area contributed by atoms with Gasteiger partial charge < -0.3 is 0 Å². The Morgan fingerprint density at radius 1 is 1.14 bits per heavy atom. The zero-order valence-corrected chi connectivity index (χ0v) is 13.5. The normalized spacial score (nSPS) is 19.8. The van der Waals surface area contributed by atoms with Crippen LogP contribution in [0.4, 0.5) is 8.78 Å². The Morgan fingerprint density at radius 3 is 2.45 bits per heavy atom. The molecule has 4 nitrogen and oxygen atoms in total. The molecule has 1 aliphatic rings. The number of alkyl halides is 1. The summed E-state index contributed by atoms with van der Waals surface area (Å²) in [7, 11) is -3.61. The van der Waals surface area contributed by atoms with Crippen LogP contribution in [-0.4, -0.2) is 56.5 Å². The average molecular weight is 332 g/mol. The smallest absolute Gasteiger partial charge is 0.243 e. The molecule has 1 fully saturated rings. The van der Waals surface area contributed by atoms with Crippen LogP contribution in [0.5, 0.6) is 0 Å². The van der Waals surface area contributed by atoms with Gasteiger partial charge in [-0.25, -0.2) is 17.2 Å². The van der Waals surface area contributed by atoms with E-state index in [2.05, 4.69) is 0 Å². The lowest BCUT2D eigenvalue weighted by atomic mass is 10.2. The number of rotatable bonds is 5. The van der Waals surface area contributed by atoms with Crippen molar-refractivity contribution >= 4 is 10.0 Å². The fourth-order valence-electron chi connectivity index (χ4n) is 2.54. The molecule has 0 unspecified atom stereocenters. The van der Waals surface area contributed by atoms with Gasteiger partial charge in [0.05, 0.1) is 4.90 Å².